The molecule has 0 fully saturated rings. The van der Waals surface area contributed by atoms with Crippen LogP contribution >= 0.6 is 11.3 Å². The van der Waals surface area contributed by atoms with Gasteiger partial charge in [0.25, 0.3) is 11.5 Å². The molecule has 5 aromatic rings. The van der Waals surface area contributed by atoms with Gasteiger partial charge in [0, 0.05) is 39.3 Å². The second-order valence-electron chi connectivity index (χ2n) is 12.4. The molecule has 0 bridgehead atoms. The third kappa shape index (κ3) is 6.81. The molecule has 2 atom stereocenters. The van der Waals surface area contributed by atoms with E-state index in [1.54, 1.807) is 45.3 Å². The summed E-state index contributed by atoms with van der Waals surface area (Å²) in [5.41, 5.74) is 0.558. The highest BCUT2D eigenvalue weighted by molar-refractivity contribution is 7.19. The number of hydrogen-bond donors (Lipinski definition) is 3. The van der Waals surface area contributed by atoms with Crippen molar-refractivity contribution in [2.45, 2.75) is 71.6 Å². The van der Waals surface area contributed by atoms with Crippen LogP contribution in [0, 0.1) is 6.92 Å². The molecule has 6 heterocycles. The Labute approximate surface area is 278 Å². The van der Waals surface area contributed by atoms with Gasteiger partial charge in [0.15, 0.2) is 0 Å². The summed E-state index contributed by atoms with van der Waals surface area (Å²) in [4.78, 5) is 66.3. The van der Waals surface area contributed by atoms with Crippen LogP contribution in [0.4, 0.5) is 16.3 Å². The van der Waals surface area contributed by atoms with Gasteiger partial charge in [-0.2, -0.15) is 0 Å². The summed E-state index contributed by atoms with van der Waals surface area (Å²) >= 11 is 1.45. The van der Waals surface area contributed by atoms with Gasteiger partial charge in [0.2, 0.25) is 11.7 Å². The number of rotatable bonds is 8. The Morgan fingerprint density at radius 1 is 1.10 bits per heavy atom. The van der Waals surface area contributed by atoms with E-state index >= 15 is 0 Å². The number of anilines is 2. The van der Waals surface area contributed by atoms with Crippen LogP contribution in [0.5, 0.6) is 0 Å². The number of carbonyl (C=O) groups is 3. The van der Waals surface area contributed by atoms with E-state index in [0.29, 0.717) is 35.9 Å². The molecule has 0 aromatic carbocycles. The summed E-state index contributed by atoms with van der Waals surface area (Å²) in [6.07, 6.45) is 5.05. The molecular weight excluding hydrogens is 636 g/mol. The van der Waals surface area contributed by atoms with Gasteiger partial charge in [-0.3, -0.25) is 29.3 Å². The average Bonchev–Trinajstić information content (AvgIpc) is 3.77. The van der Waals surface area contributed by atoms with Crippen molar-refractivity contribution in [2.75, 3.05) is 10.6 Å². The van der Waals surface area contributed by atoms with Crippen LogP contribution in [0.25, 0.3) is 21.5 Å². The Bertz CT molecular complexity index is 2100. The SMILES string of the molecule is CC[C@@H]1C[C@@H](C(=O)NCc2cc3cnc(NC(=O)OC(C)(C)C)cc3s2)n2c1ncc(NC(=O)c1cc(-c3ncccc3C)no1)c2=O. The van der Waals surface area contributed by atoms with Crippen molar-refractivity contribution in [2.24, 2.45) is 0 Å². The summed E-state index contributed by atoms with van der Waals surface area (Å²) < 4.78 is 12.8. The fraction of sp³-hybridized carbons (Fsp3) is 0.333. The smallest absolute Gasteiger partial charge is 0.413 e. The lowest BCUT2D eigenvalue weighted by Gasteiger charge is -2.19. The van der Waals surface area contributed by atoms with Gasteiger partial charge < -0.3 is 19.9 Å². The van der Waals surface area contributed by atoms with E-state index in [1.807, 2.05) is 26.0 Å². The molecule has 5 aromatic heterocycles. The van der Waals surface area contributed by atoms with Crippen LogP contribution in [-0.4, -0.2) is 48.2 Å². The van der Waals surface area contributed by atoms with Crippen LogP contribution in [-0.2, 0) is 16.1 Å². The predicted octanol–water partition coefficient (Wildman–Crippen LogP) is 5.57. The predicted molar refractivity (Wildman–Crippen MR) is 179 cm³/mol. The molecule has 0 saturated heterocycles. The summed E-state index contributed by atoms with van der Waals surface area (Å²) in [6, 6.07) is 7.96. The summed E-state index contributed by atoms with van der Waals surface area (Å²) in [5, 5.41) is 13.0. The number of nitrogens with zero attached hydrogens (tertiary/aromatic N) is 5. The van der Waals surface area contributed by atoms with Crippen molar-refractivity contribution in [3.05, 3.63) is 81.3 Å². The van der Waals surface area contributed by atoms with E-state index in [0.717, 1.165) is 20.5 Å². The van der Waals surface area contributed by atoms with Gasteiger partial charge in [0.05, 0.1) is 18.4 Å². The highest BCUT2D eigenvalue weighted by Crippen LogP contribution is 2.36. The van der Waals surface area contributed by atoms with Gasteiger partial charge in [-0.05, 0) is 64.3 Å². The molecule has 1 aliphatic heterocycles. The molecule has 0 radical (unpaired) electrons. The monoisotopic (exact) mass is 670 g/mol. The van der Waals surface area contributed by atoms with Gasteiger partial charge >= 0.3 is 6.09 Å². The number of aromatic nitrogens is 5. The quantitative estimate of drug-likeness (QED) is 0.189. The Balaban J connectivity index is 1.15. The first-order valence-electron chi connectivity index (χ1n) is 15.4. The highest BCUT2D eigenvalue weighted by atomic mass is 32.1. The first kappa shape index (κ1) is 32.5. The number of fused-ring (bicyclic) bond motifs is 2. The second kappa shape index (κ2) is 13.0. The van der Waals surface area contributed by atoms with Gasteiger partial charge in [-0.1, -0.05) is 18.1 Å². The molecule has 0 saturated carbocycles. The van der Waals surface area contributed by atoms with E-state index in [-0.39, 0.29) is 29.8 Å². The molecule has 6 rings (SSSR count). The molecule has 248 valence electrons. The Morgan fingerprint density at radius 3 is 2.67 bits per heavy atom. The Hall–Kier alpha value is -5.44. The van der Waals surface area contributed by atoms with Crippen molar-refractivity contribution in [3.8, 4) is 11.4 Å². The van der Waals surface area contributed by atoms with Gasteiger partial charge in [-0.15, -0.1) is 11.3 Å². The van der Waals surface area contributed by atoms with Crippen LogP contribution in [0.1, 0.15) is 79.3 Å². The topological polar surface area (TPSA) is 183 Å². The van der Waals surface area contributed by atoms with E-state index in [4.69, 9.17) is 9.26 Å². The molecule has 0 unspecified atom stereocenters. The third-order valence-corrected chi connectivity index (χ3v) is 8.85. The van der Waals surface area contributed by atoms with Crippen LogP contribution < -0.4 is 21.5 Å². The number of amides is 3. The standard InChI is InChI=1S/C33H34N8O6S/c1-6-18-11-23(29(42)37-15-20-10-19-14-35-26(13-25(19)48-20)39-32(45)46-33(3,4)5)41-28(18)36-16-22(31(41)44)38-30(43)24-12-21(40-47-24)27-17(2)8-7-9-34-27/h7-10,12-14,16,18,23H,6,11,15H2,1-5H3,(H,37,42)(H,38,43)(H,35,39,45)/t18-,23+/m1/s1. The molecule has 1 aliphatic rings. The van der Waals surface area contributed by atoms with Crippen molar-refractivity contribution >= 4 is 50.8 Å². The minimum absolute atomic E-state index is 0.0851. The summed E-state index contributed by atoms with van der Waals surface area (Å²) in [7, 11) is 0. The average molecular weight is 671 g/mol. The molecule has 48 heavy (non-hydrogen) atoms. The minimum atomic E-state index is -0.813. The zero-order valence-electron chi connectivity index (χ0n) is 27.0. The number of pyridine rings is 2. The van der Waals surface area contributed by atoms with Crippen molar-refractivity contribution in [3.63, 3.8) is 0 Å². The Kier molecular flexibility index (Phi) is 8.79. The fourth-order valence-corrected chi connectivity index (χ4v) is 6.51. The lowest BCUT2D eigenvalue weighted by atomic mass is 10.0. The largest absolute Gasteiger partial charge is 0.444 e. The maximum atomic E-state index is 13.7. The zero-order chi connectivity index (χ0) is 34.2. The number of aryl methyl sites for hydroxylation is 1. The van der Waals surface area contributed by atoms with Crippen molar-refractivity contribution in [1.82, 2.24) is 30.0 Å². The lowest BCUT2D eigenvalue weighted by molar-refractivity contribution is -0.124. The van der Waals surface area contributed by atoms with Crippen molar-refractivity contribution < 1.29 is 23.6 Å². The first-order valence-corrected chi connectivity index (χ1v) is 16.2. The number of nitrogens with one attached hydrogen (secondary N) is 3. The lowest BCUT2D eigenvalue weighted by Crippen LogP contribution is -2.36. The Morgan fingerprint density at radius 2 is 1.92 bits per heavy atom. The van der Waals surface area contributed by atoms with Gasteiger partial charge in [-0.25, -0.2) is 14.8 Å². The van der Waals surface area contributed by atoms with Crippen LogP contribution in [0.15, 0.2) is 58.2 Å². The molecule has 0 aliphatic carbocycles. The van der Waals surface area contributed by atoms with E-state index in [9.17, 15) is 19.2 Å². The first-order chi connectivity index (χ1) is 22.9. The molecule has 0 spiro atoms. The van der Waals surface area contributed by atoms with Crippen molar-refractivity contribution in [1.29, 1.82) is 0 Å². The maximum Gasteiger partial charge on any atom is 0.413 e. The normalized spacial score (nSPS) is 15.6. The van der Waals surface area contributed by atoms with Crippen LogP contribution in [0.2, 0.25) is 0 Å². The fourth-order valence-electron chi connectivity index (χ4n) is 5.50. The zero-order valence-corrected chi connectivity index (χ0v) is 27.8. The molecule has 15 heteroatoms. The highest BCUT2D eigenvalue weighted by Gasteiger charge is 2.37. The summed E-state index contributed by atoms with van der Waals surface area (Å²) in [5.74, 6) is -0.394. The summed E-state index contributed by atoms with van der Waals surface area (Å²) in [6.45, 7) is 9.39. The van der Waals surface area contributed by atoms with E-state index < -0.39 is 29.2 Å². The van der Waals surface area contributed by atoms with E-state index in [2.05, 4.69) is 36.1 Å². The molecule has 3 N–H and O–H groups in total. The number of carbonyl (C=O) groups excluding carboxylic acids is 3. The third-order valence-electron chi connectivity index (χ3n) is 7.75. The second-order valence-corrected chi connectivity index (χ2v) is 13.6. The molecule has 3 amide bonds. The molecular formula is C33H34N8O6S. The van der Waals surface area contributed by atoms with Crippen LogP contribution in [0.3, 0.4) is 0 Å². The number of hydrogen-bond acceptors (Lipinski definition) is 11. The number of thiophene rings is 1. The minimum Gasteiger partial charge on any atom is -0.444 e. The number of ether oxygens (including phenoxy) is 1. The molecule has 14 nitrogen and oxygen atoms in total. The maximum absolute atomic E-state index is 13.7. The van der Waals surface area contributed by atoms with Gasteiger partial charge in [0.1, 0.15) is 34.7 Å². The van der Waals surface area contributed by atoms with E-state index in [1.165, 1.54) is 28.2 Å².